The molecule has 19 heavy (non-hydrogen) atoms. The lowest BCUT2D eigenvalue weighted by Crippen LogP contribution is -2.14. The number of hydrogen-bond acceptors (Lipinski definition) is 3. The number of aliphatic hydroxyl groups excluding tert-OH is 1. The Morgan fingerprint density at radius 1 is 1.21 bits per heavy atom. The van der Waals surface area contributed by atoms with E-state index < -0.39 is 17.2 Å². The van der Waals surface area contributed by atoms with Gasteiger partial charge in [0.05, 0.1) is 0 Å². The van der Waals surface area contributed by atoms with Crippen molar-refractivity contribution in [3.63, 3.8) is 0 Å². The Balaban J connectivity index is 2.44. The number of benzene rings is 1. The summed E-state index contributed by atoms with van der Waals surface area (Å²) in [5, 5.41) is 6.91. The van der Waals surface area contributed by atoms with E-state index in [-0.39, 0.29) is 5.56 Å². The summed E-state index contributed by atoms with van der Waals surface area (Å²) in [6, 6.07) is 6.14. The zero-order chi connectivity index (χ0) is 14.0. The number of aliphatic hydroxyl groups is 1. The van der Waals surface area contributed by atoms with Crippen LogP contribution in [0.1, 0.15) is 22.9 Å². The highest BCUT2D eigenvalue weighted by Crippen LogP contribution is 2.36. The van der Waals surface area contributed by atoms with Crippen LogP contribution in [0.15, 0.2) is 36.8 Å². The maximum Gasteiger partial charge on any atom is 0.365 e. The Bertz CT molecular complexity index is 573. The van der Waals surface area contributed by atoms with Crippen LogP contribution in [0.3, 0.4) is 0 Å². The van der Waals surface area contributed by atoms with E-state index in [1.54, 1.807) is 12.1 Å². The van der Waals surface area contributed by atoms with E-state index >= 15 is 0 Å². The van der Waals surface area contributed by atoms with Gasteiger partial charge in [-0.3, -0.25) is 0 Å². The van der Waals surface area contributed by atoms with E-state index in [0.717, 1.165) is 12.5 Å². The Hall–Kier alpha value is -1.30. The molecule has 0 fully saturated rings. The lowest BCUT2D eigenvalue weighted by molar-refractivity contribution is 0.0846. The first-order valence-electron chi connectivity index (χ1n) is 5.20. The van der Waals surface area contributed by atoms with Crippen molar-refractivity contribution in [2.75, 3.05) is 0 Å². The predicted molar refractivity (Wildman–Crippen MR) is 67.3 cm³/mol. The summed E-state index contributed by atoms with van der Waals surface area (Å²) in [4.78, 5) is 7.07. The van der Waals surface area contributed by atoms with Crippen LogP contribution in [0.4, 0.5) is 8.78 Å². The van der Waals surface area contributed by atoms with Gasteiger partial charge in [0.25, 0.3) is 0 Å². The van der Waals surface area contributed by atoms with Gasteiger partial charge in [-0.05, 0) is 29.3 Å². The van der Waals surface area contributed by atoms with E-state index in [9.17, 15) is 13.9 Å². The van der Waals surface area contributed by atoms with Crippen LogP contribution in [0.2, 0.25) is 5.02 Å². The minimum atomic E-state index is -3.67. The van der Waals surface area contributed by atoms with E-state index in [1.807, 2.05) is 0 Å². The Labute approximate surface area is 117 Å². The second-order valence-electron chi connectivity index (χ2n) is 3.78. The molecule has 100 valence electrons. The third-order valence-corrected chi connectivity index (χ3v) is 2.92. The van der Waals surface area contributed by atoms with Gasteiger partial charge in [0.2, 0.25) is 0 Å². The van der Waals surface area contributed by atoms with Crippen molar-refractivity contribution in [1.29, 1.82) is 0 Å². The van der Waals surface area contributed by atoms with Crippen molar-refractivity contribution in [3.8, 4) is 0 Å². The van der Waals surface area contributed by atoms with Gasteiger partial charge in [-0.1, -0.05) is 23.7 Å². The number of alkyl halides is 3. The van der Waals surface area contributed by atoms with Crippen LogP contribution < -0.4 is 0 Å². The molecule has 1 aromatic carbocycles. The minimum Gasteiger partial charge on any atom is -0.384 e. The van der Waals surface area contributed by atoms with Crippen molar-refractivity contribution >= 4 is 23.2 Å². The molecular weight excluding hydrogens is 297 g/mol. The fourth-order valence-corrected chi connectivity index (χ4v) is 1.89. The smallest absolute Gasteiger partial charge is 0.365 e. The molecule has 3 nitrogen and oxygen atoms in total. The van der Waals surface area contributed by atoms with Crippen LogP contribution >= 0.6 is 23.2 Å². The number of nitrogens with zero attached hydrogens (tertiary/aromatic N) is 2. The molecule has 0 saturated heterocycles. The second-order valence-corrected chi connectivity index (χ2v) is 4.69. The summed E-state index contributed by atoms with van der Waals surface area (Å²) in [5.74, 6) is 0. The molecule has 1 atom stereocenters. The van der Waals surface area contributed by atoms with Gasteiger partial charge in [0.1, 0.15) is 18.1 Å². The molecule has 7 heteroatoms. The van der Waals surface area contributed by atoms with Crippen LogP contribution in [0.25, 0.3) is 0 Å². The Morgan fingerprint density at radius 2 is 1.84 bits per heavy atom. The molecule has 1 N–H and O–H groups in total. The Kier molecular flexibility index (Phi) is 3.99. The van der Waals surface area contributed by atoms with Gasteiger partial charge < -0.3 is 5.11 Å². The molecule has 1 unspecified atom stereocenters. The molecule has 1 heterocycles. The van der Waals surface area contributed by atoms with Crippen LogP contribution in [-0.2, 0) is 5.38 Å². The largest absolute Gasteiger partial charge is 0.384 e. The van der Waals surface area contributed by atoms with Crippen molar-refractivity contribution in [2.24, 2.45) is 0 Å². The number of aromatic nitrogens is 2. The van der Waals surface area contributed by atoms with Crippen LogP contribution in [-0.4, -0.2) is 15.1 Å². The van der Waals surface area contributed by atoms with E-state index in [2.05, 4.69) is 9.97 Å². The molecule has 2 rings (SSSR count). The molecule has 0 saturated carbocycles. The van der Waals surface area contributed by atoms with Gasteiger partial charge in [0.15, 0.2) is 0 Å². The summed E-state index contributed by atoms with van der Waals surface area (Å²) in [5.41, 5.74) is -0.474. The van der Waals surface area contributed by atoms with Crippen molar-refractivity contribution in [1.82, 2.24) is 9.97 Å². The highest BCUT2D eigenvalue weighted by Gasteiger charge is 2.35. The summed E-state index contributed by atoms with van der Waals surface area (Å²) in [6.45, 7) is 0. The highest BCUT2D eigenvalue weighted by molar-refractivity contribution is 6.30. The van der Waals surface area contributed by atoms with E-state index in [4.69, 9.17) is 23.2 Å². The van der Waals surface area contributed by atoms with Gasteiger partial charge >= 0.3 is 5.38 Å². The number of rotatable bonds is 3. The zero-order valence-corrected chi connectivity index (χ0v) is 10.9. The molecule has 1 aromatic heterocycles. The maximum absolute atomic E-state index is 13.2. The van der Waals surface area contributed by atoms with E-state index in [0.29, 0.717) is 10.6 Å². The summed E-state index contributed by atoms with van der Waals surface area (Å²) >= 11 is 10.7. The maximum atomic E-state index is 13.2. The van der Waals surface area contributed by atoms with Crippen LogP contribution in [0.5, 0.6) is 0 Å². The average molecular weight is 305 g/mol. The number of hydrogen-bond donors (Lipinski definition) is 1. The molecule has 0 amide bonds. The first-order valence-corrected chi connectivity index (χ1v) is 5.96. The Morgan fingerprint density at radius 3 is 2.42 bits per heavy atom. The van der Waals surface area contributed by atoms with E-state index in [1.165, 1.54) is 12.1 Å². The van der Waals surface area contributed by atoms with Crippen molar-refractivity contribution in [2.45, 2.75) is 11.5 Å². The number of halogens is 4. The normalized spacial score (nSPS) is 13.3. The topological polar surface area (TPSA) is 46.0 Å². The molecule has 2 aromatic rings. The average Bonchev–Trinajstić information content (AvgIpc) is 2.38. The predicted octanol–water partition coefficient (Wildman–Crippen LogP) is 3.50. The van der Waals surface area contributed by atoms with Gasteiger partial charge in [-0.15, -0.1) is 0 Å². The second kappa shape index (κ2) is 5.36. The molecule has 0 radical (unpaired) electrons. The fraction of sp³-hybridized carbons (Fsp3) is 0.167. The lowest BCUT2D eigenvalue weighted by Gasteiger charge is -2.16. The molecule has 0 aliphatic carbocycles. The SMILES string of the molecule is OC(c1ccc(Cl)cc1)c1cncnc1C(F)(F)Cl. The highest BCUT2D eigenvalue weighted by atomic mass is 35.5. The zero-order valence-electron chi connectivity index (χ0n) is 9.39. The van der Waals surface area contributed by atoms with Gasteiger partial charge in [0, 0.05) is 16.8 Å². The first kappa shape index (κ1) is 14.1. The van der Waals surface area contributed by atoms with Crippen molar-refractivity contribution < 1.29 is 13.9 Å². The quantitative estimate of drug-likeness (QED) is 0.883. The molecular formula is C12H8Cl2F2N2O. The van der Waals surface area contributed by atoms with Gasteiger partial charge in [-0.25, -0.2) is 9.97 Å². The molecule has 0 bridgehead atoms. The third-order valence-electron chi connectivity index (χ3n) is 2.49. The summed E-state index contributed by atoms with van der Waals surface area (Å²) in [7, 11) is 0. The van der Waals surface area contributed by atoms with Crippen LogP contribution in [0, 0.1) is 0 Å². The molecule has 0 aliphatic heterocycles. The standard InChI is InChI=1S/C12H8Cl2F2N2O/c13-8-3-1-7(2-4-8)10(19)9-5-17-6-18-11(9)12(14,15)16/h1-6,10,19H. The molecule has 0 spiro atoms. The van der Waals surface area contributed by atoms with Crippen molar-refractivity contribution in [3.05, 3.63) is 58.6 Å². The third kappa shape index (κ3) is 3.18. The lowest BCUT2D eigenvalue weighted by atomic mass is 10.0. The minimum absolute atomic E-state index is 0.148. The summed E-state index contributed by atoms with van der Waals surface area (Å²) in [6.07, 6.45) is 0.750. The molecule has 0 aliphatic rings. The van der Waals surface area contributed by atoms with Gasteiger partial charge in [-0.2, -0.15) is 8.78 Å². The fourth-order valence-electron chi connectivity index (χ4n) is 1.60. The monoisotopic (exact) mass is 304 g/mol. The first-order chi connectivity index (χ1) is 8.89. The summed E-state index contributed by atoms with van der Waals surface area (Å²) < 4.78 is 26.4.